The Morgan fingerprint density at radius 1 is 0.559 bits per heavy atom. The highest BCUT2D eigenvalue weighted by atomic mass is 19.1. The van der Waals surface area contributed by atoms with Crippen molar-refractivity contribution in [3.05, 3.63) is 73.9 Å². The zero-order valence-electron chi connectivity index (χ0n) is 16.9. The molecule has 0 saturated carbocycles. The van der Waals surface area contributed by atoms with Crippen molar-refractivity contribution in [1.29, 1.82) is 0 Å². The van der Waals surface area contributed by atoms with Gasteiger partial charge in [0.25, 0.3) is 0 Å². The highest BCUT2D eigenvalue weighted by Crippen LogP contribution is 2.43. The van der Waals surface area contributed by atoms with Crippen LogP contribution in [0.1, 0.15) is 0 Å². The third-order valence-corrected chi connectivity index (χ3v) is 3.68. The van der Waals surface area contributed by atoms with Gasteiger partial charge in [-0.15, -0.1) is 0 Å². The van der Waals surface area contributed by atoms with Crippen LogP contribution < -0.4 is 18.9 Å². The Hall–Kier alpha value is -4.74. The van der Waals surface area contributed by atoms with Crippen molar-refractivity contribution in [2.24, 2.45) is 0 Å². The molecule has 0 aliphatic heterocycles. The number of esters is 4. The van der Waals surface area contributed by atoms with Gasteiger partial charge in [0.15, 0.2) is 11.5 Å². The molecule has 0 bridgehead atoms. The zero-order chi connectivity index (χ0) is 25.7. The van der Waals surface area contributed by atoms with Gasteiger partial charge in [-0.3, -0.25) is 0 Å². The lowest BCUT2D eigenvalue weighted by Crippen LogP contribution is -2.13. The van der Waals surface area contributed by atoms with Crippen LogP contribution in [0, 0.1) is 0 Å². The number of fused-ring (bicyclic) bond motifs is 1. The van der Waals surface area contributed by atoms with Gasteiger partial charge < -0.3 is 18.9 Å². The lowest BCUT2D eigenvalue weighted by Gasteiger charge is -2.15. The second-order valence-electron chi connectivity index (χ2n) is 6.09. The summed E-state index contributed by atoms with van der Waals surface area (Å²) in [4.78, 5) is 46.7. The maximum Gasteiger partial charge on any atom is 0.372 e. The molecule has 0 spiro atoms. The Kier molecular flexibility index (Phi) is 7.69. The van der Waals surface area contributed by atoms with Crippen LogP contribution in [0.4, 0.5) is 17.6 Å². The van der Waals surface area contributed by atoms with Crippen LogP contribution in [-0.4, -0.2) is 23.9 Å². The summed E-state index contributed by atoms with van der Waals surface area (Å²) in [7, 11) is 0. The molecule has 8 nitrogen and oxygen atoms in total. The third-order valence-electron chi connectivity index (χ3n) is 3.68. The molecule has 0 aliphatic carbocycles. The summed E-state index contributed by atoms with van der Waals surface area (Å²) in [6, 6.07) is 3.73. The Morgan fingerprint density at radius 2 is 1.00 bits per heavy atom. The Balaban J connectivity index is 2.84. The van der Waals surface area contributed by atoms with E-state index < -0.39 is 70.2 Å². The fourth-order valence-corrected chi connectivity index (χ4v) is 2.28. The third kappa shape index (κ3) is 5.94. The summed E-state index contributed by atoms with van der Waals surface area (Å²) in [5.74, 6) is -15.2. The van der Waals surface area contributed by atoms with E-state index in [4.69, 9.17) is 18.9 Å². The summed E-state index contributed by atoms with van der Waals surface area (Å²) < 4.78 is 71.7. The van der Waals surface area contributed by atoms with Crippen molar-refractivity contribution in [2.75, 3.05) is 0 Å². The van der Waals surface area contributed by atoms with Gasteiger partial charge in [0.05, 0.1) is 0 Å². The van der Waals surface area contributed by atoms with Crippen molar-refractivity contribution < 1.29 is 55.7 Å². The van der Waals surface area contributed by atoms with E-state index in [-0.39, 0.29) is 10.8 Å². The van der Waals surface area contributed by atoms with Gasteiger partial charge in [0.2, 0.25) is 23.3 Å². The molecule has 34 heavy (non-hydrogen) atoms. The van der Waals surface area contributed by atoms with Crippen LogP contribution >= 0.6 is 0 Å². The first-order valence-electron chi connectivity index (χ1n) is 8.69. The number of benzene rings is 2. The van der Waals surface area contributed by atoms with Crippen molar-refractivity contribution in [3.8, 4) is 23.0 Å². The number of ether oxygens (including phenoxy) is 4. The van der Waals surface area contributed by atoms with Gasteiger partial charge in [-0.25, -0.2) is 19.2 Å². The van der Waals surface area contributed by atoms with Crippen LogP contribution in [0.15, 0.2) is 73.9 Å². The molecule has 0 fully saturated rings. The van der Waals surface area contributed by atoms with Crippen LogP contribution in [0.5, 0.6) is 23.0 Å². The normalized spacial score (nSPS) is 10.1. The minimum absolute atomic E-state index is 0.181. The maximum absolute atomic E-state index is 13.3. The average Bonchev–Trinajstić information content (AvgIpc) is 2.74. The second kappa shape index (κ2) is 10.3. The molecule has 2 aromatic rings. The molecule has 176 valence electrons. The molecule has 2 rings (SSSR count). The van der Waals surface area contributed by atoms with Gasteiger partial charge in [0, 0.05) is 16.8 Å². The number of carbonyl (C=O) groups is 4. The van der Waals surface area contributed by atoms with Crippen LogP contribution in [0.3, 0.4) is 0 Å². The van der Waals surface area contributed by atoms with E-state index in [1.54, 1.807) is 0 Å². The fourth-order valence-electron chi connectivity index (χ4n) is 2.28. The molecule has 0 unspecified atom stereocenters. The monoisotopic (exact) mass is 480 g/mol. The van der Waals surface area contributed by atoms with Crippen molar-refractivity contribution in [1.82, 2.24) is 0 Å². The van der Waals surface area contributed by atoms with E-state index >= 15 is 0 Å². The number of hydrogen-bond acceptors (Lipinski definition) is 8. The Labute approximate surface area is 187 Å². The highest BCUT2D eigenvalue weighted by Gasteiger charge is 2.24. The predicted octanol–water partition coefficient (Wildman–Crippen LogP) is 4.39. The van der Waals surface area contributed by atoms with E-state index in [0.29, 0.717) is 0 Å². The standard InChI is InChI=1S/C22H12F4O8/c1-9(23)19(27)31-13-7-15-14(17(8-13)33-21(29)11(3)25)5-6-16(32-20(28)10(2)24)18(15)34-22(30)12(4)26/h5-8H,1-4H2. The van der Waals surface area contributed by atoms with Crippen molar-refractivity contribution >= 4 is 34.6 Å². The molecular formula is C22H12F4O8. The van der Waals surface area contributed by atoms with E-state index in [2.05, 4.69) is 26.3 Å². The number of halogens is 4. The summed E-state index contributed by atoms with van der Waals surface area (Å²) in [5.41, 5.74) is 0. The highest BCUT2D eigenvalue weighted by molar-refractivity contribution is 6.02. The average molecular weight is 480 g/mol. The zero-order valence-corrected chi connectivity index (χ0v) is 16.9. The number of carbonyl (C=O) groups excluding carboxylic acids is 4. The summed E-state index contributed by atoms with van der Waals surface area (Å²) in [6.45, 7) is 11.0. The molecule has 0 heterocycles. The maximum atomic E-state index is 13.3. The molecule has 0 aromatic heterocycles. The quantitative estimate of drug-likeness (QED) is 0.237. The van der Waals surface area contributed by atoms with Gasteiger partial charge in [0.1, 0.15) is 11.5 Å². The predicted molar refractivity (Wildman–Crippen MR) is 107 cm³/mol. The first-order chi connectivity index (χ1) is 15.8. The van der Waals surface area contributed by atoms with E-state index in [9.17, 15) is 36.7 Å². The first kappa shape index (κ1) is 25.5. The Bertz CT molecular complexity index is 1300. The number of hydrogen-bond donors (Lipinski definition) is 0. The fraction of sp³-hybridized carbons (Fsp3) is 0. The van der Waals surface area contributed by atoms with Gasteiger partial charge in [-0.05, 0) is 18.2 Å². The molecule has 0 amide bonds. The molecule has 0 saturated heterocycles. The van der Waals surface area contributed by atoms with E-state index in [0.717, 1.165) is 24.3 Å². The molecule has 0 N–H and O–H groups in total. The summed E-state index contributed by atoms with van der Waals surface area (Å²) >= 11 is 0. The minimum atomic E-state index is -1.68. The van der Waals surface area contributed by atoms with Crippen molar-refractivity contribution in [3.63, 3.8) is 0 Å². The summed E-state index contributed by atoms with van der Waals surface area (Å²) in [5, 5.41) is -0.564. The molecule has 0 radical (unpaired) electrons. The van der Waals surface area contributed by atoms with E-state index in [1.165, 1.54) is 0 Å². The molecule has 2 aromatic carbocycles. The first-order valence-corrected chi connectivity index (χ1v) is 8.69. The lowest BCUT2D eigenvalue weighted by molar-refractivity contribution is -0.134. The van der Waals surface area contributed by atoms with Crippen LogP contribution in [0.25, 0.3) is 10.8 Å². The van der Waals surface area contributed by atoms with Gasteiger partial charge in [-0.2, -0.15) is 17.6 Å². The molecule has 12 heteroatoms. The molecular weight excluding hydrogens is 468 g/mol. The lowest BCUT2D eigenvalue weighted by atomic mass is 10.1. The van der Waals surface area contributed by atoms with Crippen molar-refractivity contribution in [2.45, 2.75) is 0 Å². The van der Waals surface area contributed by atoms with E-state index in [1.807, 2.05) is 0 Å². The van der Waals surface area contributed by atoms with Gasteiger partial charge >= 0.3 is 23.9 Å². The second-order valence-corrected chi connectivity index (χ2v) is 6.09. The number of rotatable bonds is 8. The smallest absolute Gasteiger partial charge is 0.372 e. The SMILES string of the molecule is C=C(F)C(=O)Oc1cc(OC(=O)C(=C)F)c2ccc(OC(=O)C(=C)F)c(OC(=O)C(=C)F)c2c1. The molecule has 0 atom stereocenters. The minimum Gasteiger partial charge on any atom is -0.421 e. The van der Waals surface area contributed by atoms with Crippen LogP contribution in [-0.2, 0) is 19.2 Å². The topological polar surface area (TPSA) is 105 Å². The summed E-state index contributed by atoms with van der Waals surface area (Å²) in [6.07, 6.45) is 0. The van der Waals surface area contributed by atoms with Gasteiger partial charge in [-0.1, -0.05) is 26.3 Å². The molecule has 0 aliphatic rings. The Morgan fingerprint density at radius 3 is 1.50 bits per heavy atom. The van der Waals surface area contributed by atoms with Crippen LogP contribution in [0.2, 0.25) is 0 Å². The largest absolute Gasteiger partial charge is 0.421 e.